The van der Waals surface area contributed by atoms with Crippen molar-refractivity contribution in [1.29, 1.82) is 0 Å². The average molecular weight is 685 g/mol. The van der Waals surface area contributed by atoms with Crippen molar-refractivity contribution in [1.82, 2.24) is 0 Å². The molecule has 0 radical (unpaired) electrons. The standard InChI is InChI=1S/C20H28O6.C19H28O4/c1-5-12-20(6-2)18(23-13-16-10-8-7-9-11-16)17(24-14(3)21)19(26-20)25-15(4)22;1-5-12-19(6-2)16(20-13-14-10-8-7-9-11-14)15-17(23-19)22-18(3,4)21-15/h7-11,17-19H,5-6,12-13H2,1-4H3;7-11,15-17H,5-6,12-13H2,1-4H3/t17-,18?,19?,20-;15-,16?,17-,19-/m00/s1. The summed E-state index contributed by atoms with van der Waals surface area (Å²) >= 11 is 0. The first-order chi connectivity index (χ1) is 23.4. The third-order valence-electron chi connectivity index (χ3n) is 9.36. The first kappa shape index (κ1) is 38.9. The molecule has 5 rings (SSSR count). The molecule has 3 fully saturated rings. The summed E-state index contributed by atoms with van der Waals surface area (Å²) in [4.78, 5) is 23.1. The van der Waals surface area contributed by atoms with Gasteiger partial charge >= 0.3 is 11.9 Å². The minimum atomic E-state index is -0.969. The summed E-state index contributed by atoms with van der Waals surface area (Å²) in [6.07, 6.45) is 2.19. The van der Waals surface area contributed by atoms with Crippen LogP contribution in [0.3, 0.4) is 0 Å². The lowest BCUT2D eigenvalue weighted by Crippen LogP contribution is -2.46. The number of ether oxygens (including phenoxy) is 8. The number of hydrogen-bond donors (Lipinski definition) is 0. The fourth-order valence-electron chi connectivity index (χ4n) is 7.21. The molecular formula is C39H56O10. The highest BCUT2D eigenvalue weighted by Crippen LogP contribution is 2.47. The fourth-order valence-corrected chi connectivity index (χ4v) is 7.21. The molecule has 2 aromatic carbocycles. The maximum Gasteiger partial charge on any atom is 0.305 e. The van der Waals surface area contributed by atoms with Crippen LogP contribution in [0.1, 0.15) is 105 Å². The Labute approximate surface area is 292 Å². The minimum absolute atomic E-state index is 0.112. The monoisotopic (exact) mass is 684 g/mol. The molecule has 3 unspecified atom stereocenters. The minimum Gasteiger partial charge on any atom is -0.453 e. The lowest BCUT2D eigenvalue weighted by atomic mass is 9.87. The van der Waals surface area contributed by atoms with E-state index in [-0.39, 0.29) is 24.1 Å². The van der Waals surface area contributed by atoms with Crippen LogP contribution in [-0.2, 0) is 60.7 Å². The Balaban J connectivity index is 0.000000222. The van der Waals surface area contributed by atoms with Crippen molar-refractivity contribution in [2.75, 3.05) is 0 Å². The number of rotatable bonds is 14. The smallest absolute Gasteiger partial charge is 0.305 e. The summed E-state index contributed by atoms with van der Waals surface area (Å²) in [6.45, 7) is 15.8. The molecule has 0 bridgehead atoms. The third-order valence-corrected chi connectivity index (χ3v) is 9.36. The van der Waals surface area contributed by atoms with E-state index in [1.54, 1.807) is 0 Å². The second-order valence-corrected chi connectivity index (χ2v) is 13.5. The number of esters is 2. The van der Waals surface area contributed by atoms with Crippen LogP contribution < -0.4 is 0 Å². The number of hydrogen-bond acceptors (Lipinski definition) is 10. The molecule has 2 aromatic rings. The Morgan fingerprint density at radius 1 is 0.653 bits per heavy atom. The lowest BCUT2D eigenvalue weighted by Gasteiger charge is -2.36. The number of carbonyl (C=O) groups is 2. The first-order valence-electron chi connectivity index (χ1n) is 17.8. The summed E-state index contributed by atoms with van der Waals surface area (Å²) in [5, 5.41) is 0. The topological polar surface area (TPSA) is 108 Å². The molecule has 10 heteroatoms. The van der Waals surface area contributed by atoms with Gasteiger partial charge in [-0.15, -0.1) is 0 Å². The van der Waals surface area contributed by atoms with E-state index in [0.717, 1.165) is 36.8 Å². The largest absolute Gasteiger partial charge is 0.453 e. The fraction of sp³-hybridized carbons (Fsp3) is 0.641. The second kappa shape index (κ2) is 17.4. The molecule has 3 saturated heterocycles. The van der Waals surface area contributed by atoms with Gasteiger partial charge in [-0.2, -0.15) is 0 Å². The summed E-state index contributed by atoms with van der Waals surface area (Å²) in [7, 11) is 0. The van der Waals surface area contributed by atoms with Crippen LogP contribution in [0.25, 0.3) is 0 Å². The van der Waals surface area contributed by atoms with E-state index in [1.807, 2.05) is 69.3 Å². The highest BCUT2D eigenvalue weighted by Gasteiger charge is 2.61. The second-order valence-electron chi connectivity index (χ2n) is 13.5. The van der Waals surface area contributed by atoms with Crippen molar-refractivity contribution >= 4 is 11.9 Å². The van der Waals surface area contributed by atoms with Crippen LogP contribution in [0, 0.1) is 0 Å². The van der Waals surface area contributed by atoms with Gasteiger partial charge in [0, 0.05) is 13.8 Å². The van der Waals surface area contributed by atoms with Gasteiger partial charge < -0.3 is 37.9 Å². The van der Waals surface area contributed by atoms with Gasteiger partial charge in [0.2, 0.25) is 6.29 Å². The first-order valence-corrected chi connectivity index (χ1v) is 17.8. The Hall–Kier alpha value is -2.86. The molecule has 0 amide bonds. The molecule has 0 aromatic heterocycles. The van der Waals surface area contributed by atoms with Gasteiger partial charge in [-0.3, -0.25) is 9.59 Å². The Kier molecular flexibility index (Phi) is 13.8. The summed E-state index contributed by atoms with van der Waals surface area (Å²) in [5.74, 6) is -1.57. The predicted molar refractivity (Wildman–Crippen MR) is 183 cm³/mol. The van der Waals surface area contributed by atoms with Crippen LogP contribution in [-0.4, -0.2) is 65.9 Å². The highest BCUT2D eigenvalue weighted by atomic mass is 16.8. The molecule has 0 spiro atoms. The van der Waals surface area contributed by atoms with E-state index >= 15 is 0 Å². The molecule has 49 heavy (non-hydrogen) atoms. The van der Waals surface area contributed by atoms with Gasteiger partial charge in [-0.25, -0.2) is 0 Å². The van der Waals surface area contributed by atoms with E-state index in [9.17, 15) is 9.59 Å². The highest BCUT2D eigenvalue weighted by molar-refractivity contribution is 5.67. The van der Waals surface area contributed by atoms with Gasteiger partial charge in [0.15, 0.2) is 18.2 Å². The van der Waals surface area contributed by atoms with E-state index in [4.69, 9.17) is 37.9 Å². The maximum atomic E-state index is 11.6. The number of benzene rings is 2. The van der Waals surface area contributed by atoms with E-state index in [2.05, 4.69) is 32.9 Å². The van der Waals surface area contributed by atoms with Crippen molar-refractivity contribution in [2.45, 2.75) is 161 Å². The van der Waals surface area contributed by atoms with Crippen LogP contribution in [0.5, 0.6) is 0 Å². The maximum absolute atomic E-state index is 11.6. The lowest BCUT2D eigenvalue weighted by molar-refractivity contribution is -0.247. The molecule has 0 aliphatic carbocycles. The molecule has 272 valence electrons. The SMILES string of the molecule is CCC[C@]1(CC)OC(OC(C)=O)[C@@H](OC(C)=O)C1OCc1ccccc1.CCC[C@]1(CC)O[C@@H]2OC(C)(C)O[C@H]2C1OCc1ccccc1. The van der Waals surface area contributed by atoms with Crippen molar-refractivity contribution in [3.8, 4) is 0 Å². The molecule has 0 saturated carbocycles. The van der Waals surface area contributed by atoms with Crippen molar-refractivity contribution in [2.24, 2.45) is 0 Å². The molecule has 8 atom stereocenters. The molecule has 3 aliphatic rings. The molecule has 10 nitrogen and oxygen atoms in total. The third kappa shape index (κ3) is 9.68. The molecule has 3 aliphatic heterocycles. The van der Waals surface area contributed by atoms with Crippen LogP contribution in [0.2, 0.25) is 0 Å². The zero-order chi connectivity index (χ0) is 35.7. The summed E-state index contributed by atoms with van der Waals surface area (Å²) in [6, 6.07) is 20.0. The predicted octanol–water partition coefficient (Wildman–Crippen LogP) is 7.40. The van der Waals surface area contributed by atoms with Gasteiger partial charge in [0.05, 0.1) is 13.2 Å². The normalized spacial score (nSPS) is 31.4. The zero-order valence-electron chi connectivity index (χ0n) is 30.5. The van der Waals surface area contributed by atoms with Crippen molar-refractivity contribution in [3.63, 3.8) is 0 Å². The van der Waals surface area contributed by atoms with Crippen LogP contribution in [0.15, 0.2) is 60.7 Å². The van der Waals surface area contributed by atoms with E-state index in [1.165, 1.54) is 13.8 Å². The van der Waals surface area contributed by atoms with Gasteiger partial charge in [-0.1, -0.05) is 101 Å². The Morgan fingerprint density at radius 2 is 1.14 bits per heavy atom. The summed E-state index contributed by atoms with van der Waals surface area (Å²) < 4.78 is 47.7. The van der Waals surface area contributed by atoms with E-state index < -0.39 is 41.8 Å². The summed E-state index contributed by atoms with van der Waals surface area (Å²) in [5.41, 5.74) is 1.17. The van der Waals surface area contributed by atoms with Crippen LogP contribution in [0.4, 0.5) is 0 Å². The van der Waals surface area contributed by atoms with Crippen LogP contribution >= 0.6 is 0 Å². The Bertz CT molecular complexity index is 1320. The number of carbonyl (C=O) groups excluding carboxylic acids is 2. The Morgan fingerprint density at radius 3 is 1.61 bits per heavy atom. The van der Waals surface area contributed by atoms with Gasteiger partial charge in [0.25, 0.3) is 0 Å². The quantitative estimate of drug-likeness (QED) is 0.187. The average Bonchev–Trinajstić information content (AvgIpc) is 3.62. The molecule has 0 N–H and O–H groups in total. The van der Waals surface area contributed by atoms with Crippen molar-refractivity contribution < 1.29 is 47.5 Å². The molecule has 3 heterocycles. The van der Waals surface area contributed by atoms with E-state index in [0.29, 0.717) is 26.1 Å². The van der Waals surface area contributed by atoms with Gasteiger partial charge in [-0.05, 0) is 50.7 Å². The van der Waals surface area contributed by atoms with Crippen molar-refractivity contribution in [3.05, 3.63) is 71.8 Å². The van der Waals surface area contributed by atoms with Gasteiger partial charge in [0.1, 0.15) is 29.5 Å². The zero-order valence-corrected chi connectivity index (χ0v) is 30.5. The molecular weight excluding hydrogens is 628 g/mol. The number of fused-ring (bicyclic) bond motifs is 1.